The van der Waals surface area contributed by atoms with Crippen LogP contribution in [0.3, 0.4) is 0 Å². The van der Waals surface area contributed by atoms with Crippen LogP contribution in [0.4, 0.5) is 56.9 Å². The lowest BCUT2D eigenvalue weighted by Gasteiger charge is -2.24. The highest BCUT2D eigenvalue weighted by Gasteiger charge is 2.12. The first-order valence-corrected chi connectivity index (χ1v) is 52.4. The number of rotatable bonds is 53. The second-order valence-corrected chi connectivity index (χ2v) is 36.7. The third-order valence-corrected chi connectivity index (χ3v) is 24.2. The Hall–Kier alpha value is -12.9. The highest BCUT2D eigenvalue weighted by molar-refractivity contribution is 5.72. The molecule has 0 heterocycles. The van der Waals surface area contributed by atoms with Crippen LogP contribution in [0.25, 0.3) is 60.8 Å². The largest absolute Gasteiger partial charge is 0.378 e. The molecule has 0 unspecified atom stereocenters. The van der Waals surface area contributed by atoms with E-state index in [1.165, 1.54) is 215 Å². The van der Waals surface area contributed by atoms with Crippen molar-refractivity contribution in [2.45, 2.75) is 172 Å². The van der Waals surface area contributed by atoms with E-state index in [0.29, 0.717) is 0 Å². The van der Waals surface area contributed by atoms with E-state index in [1.807, 2.05) is 0 Å². The Morgan fingerprint density at radius 1 is 0.136 bits per heavy atom. The van der Waals surface area contributed by atoms with Gasteiger partial charge in [0.25, 0.3) is 0 Å². The van der Waals surface area contributed by atoms with Gasteiger partial charge in [0.2, 0.25) is 0 Å². The lowest BCUT2D eigenvalue weighted by atomic mass is 10.1. The van der Waals surface area contributed by atoms with Gasteiger partial charge in [-0.1, -0.05) is 374 Å². The van der Waals surface area contributed by atoms with E-state index in [4.69, 9.17) is 0 Å². The maximum atomic E-state index is 2.53. The Morgan fingerprint density at radius 2 is 0.250 bits per heavy atom. The summed E-state index contributed by atoms with van der Waals surface area (Å²) in [6.45, 7) is 33.8. The third kappa shape index (κ3) is 47.2. The highest BCUT2D eigenvalue weighted by Crippen LogP contribution is 2.27. The van der Waals surface area contributed by atoms with Crippen molar-refractivity contribution in [2.75, 3.05) is 185 Å². The predicted molar refractivity (Wildman–Crippen MR) is 636 cm³/mol. The number of anilines is 10. The zero-order valence-electron chi connectivity index (χ0n) is 89.8. The number of nitrogens with zero attached hydrogens (tertiary/aromatic N) is 10. The average Bonchev–Trinajstić information content (AvgIpc) is 0.870. The first-order valence-electron chi connectivity index (χ1n) is 52.4. The summed E-state index contributed by atoms with van der Waals surface area (Å²) in [7, 11) is 20.6. The van der Waals surface area contributed by atoms with Gasteiger partial charge in [0, 0.05) is 193 Å². The van der Waals surface area contributed by atoms with Crippen molar-refractivity contribution in [1.29, 1.82) is 0 Å². The van der Waals surface area contributed by atoms with Crippen molar-refractivity contribution >= 4 is 118 Å². The molecule has 0 aliphatic rings. The van der Waals surface area contributed by atoms with Crippen LogP contribution >= 0.6 is 0 Å². The highest BCUT2D eigenvalue weighted by atomic mass is 15.1. The van der Waals surface area contributed by atoms with Crippen LogP contribution < -0.4 is 49.0 Å². The standard InChI is InChI=1S/C30H40N2.C28H38N2.C26H36N2.C24H34N2.C22H28N2/c1-5-7-25-32(26-8-6-2)30-23-19-28(20-24-30)16-14-12-10-9-11-13-15-27-17-21-29(22-18-27)31(3)4;1-5-7-23-30(24-8-6-2)28-21-17-26(18-22-28)14-12-10-9-11-13-25-15-19-27(20-16-25)29(3)4;1-5-7-21-28(22-8-6-2)26-19-15-24(16-20-26)12-10-9-11-23-13-17-25(18-14-23)27(3)4;1-5-7-19-26(20-8-6-2)24-17-13-22(14-18-24)10-9-21-11-15-23(16-12-21)25(3)4;1-5-24(6-2)22-17-13-20(14-18-22)10-8-7-9-19-11-15-21(16-12-19)23(3)4/h9-24H,5-8,25-26H2,1-4H3;9-22H,5-8,23-24H2,1-4H3;9-20H,5-8,21-22H2,1-4H3;9-18H,5-8,19-20H2,1-4H3;7-18H,5-6H2,1-4H3/b11-9+,12-10+,15-13+,16-14+;10-9+,13-11+,14-12+;11-9+,12-10+;10-9+;9-7+,10-8+. The summed E-state index contributed by atoms with van der Waals surface area (Å²) >= 11 is 0. The molecule has 10 aromatic carbocycles. The molecule has 10 rings (SSSR count). The van der Waals surface area contributed by atoms with Crippen LogP contribution in [0.5, 0.6) is 0 Å². The molecule has 0 atom stereocenters. The fourth-order valence-corrected chi connectivity index (χ4v) is 15.2. The second kappa shape index (κ2) is 70.7. The van der Waals surface area contributed by atoms with Gasteiger partial charge in [-0.3, -0.25) is 0 Å². The number of hydrogen-bond donors (Lipinski definition) is 0. The van der Waals surface area contributed by atoms with Gasteiger partial charge in [-0.15, -0.1) is 0 Å². The van der Waals surface area contributed by atoms with E-state index < -0.39 is 0 Å². The molecule has 746 valence electrons. The van der Waals surface area contributed by atoms with Crippen molar-refractivity contribution in [1.82, 2.24) is 0 Å². The summed E-state index contributed by atoms with van der Waals surface area (Å²) in [5.74, 6) is 0. The summed E-state index contributed by atoms with van der Waals surface area (Å²) in [4.78, 5) is 23.0. The minimum Gasteiger partial charge on any atom is -0.378 e. The van der Waals surface area contributed by atoms with Crippen molar-refractivity contribution in [3.05, 3.63) is 383 Å². The van der Waals surface area contributed by atoms with E-state index in [2.05, 4.69) is 577 Å². The van der Waals surface area contributed by atoms with Crippen LogP contribution in [0.1, 0.15) is 228 Å². The van der Waals surface area contributed by atoms with Crippen LogP contribution in [0, 0.1) is 0 Å². The van der Waals surface area contributed by atoms with Gasteiger partial charge in [0.1, 0.15) is 0 Å². The first-order chi connectivity index (χ1) is 68.2. The maximum absolute atomic E-state index is 2.53. The number of hydrogen-bond acceptors (Lipinski definition) is 10. The van der Waals surface area contributed by atoms with Crippen LogP contribution in [0.2, 0.25) is 0 Å². The smallest absolute Gasteiger partial charge is 0.0366 e. The summed E-state index contributed by atoms with van der Waals surface area (Å²) in [5.41, 5.74) is 25.0. The predicted octanol–water partition coefficient (Wildman–Crippen LogP) is 34.0. The summed E-state index contributed by atoms with van der Waals surface area (Å²) in [6.07, 6.45) is 70.6. The van der Waals surface area contributed by atoms with Gasteiger partial charge >= 0.3 is 0 Å². The lowest BCUT2D eigenvalue weighted by molar-refractivity contribution is 0.678. The monoisotopic (exact) mass is 1880 g/mol. The van der Waals surface area contributed by atoms with Crippen molar-refractivity contribution < 1.29 is 0 Å². The summed E-state index contributed by atoms with van der Waals surface area (Å²) < 4.78 is 0. The molecule has 0 aliphatic carbocycles. The Labute approximate surface area is 852 Å². The maximum Gasteiger partial charge on any atom is 0.0366 e. The molecule has 0 saturated heterocycles. The molecule has 10 aromatic rings. The zero-order valence-corrected chi connectivity index (χ0v) is 89.8. The SMILES string of the molecule is CCCCN(CCCC)c1ccc(/C=C/C=C/C=C/C=C/c2ccc(N(C)C)cc2)cc1.CCCCN(CCCC)c1ccc(/C=C/C=C/C=C/c2ccc(N(C)C)cc2)cc1.CCCCN(CCCC)c1ccc(/C=C/C=C/c2ccc(N(C)C)cc2)cc1.CCCCN(CCCC)c1ccc(/C=C/c2ccc(N(C)C)cc2)cc1.CCN(CC)c1ccc(/C=C/C=C/c2ccc(N(C)C)cc2)cc1. The molecule has 10 heteroatoms. The number of unbranched alkanes of at least 4 members (excludes halogenated alkanes) is 8. The molecular weight excluding hydrogens is 1700 g/mol. The molecule has 10 nitrogen and oxygen atoms in total. The lowest BCUT2D eigenvalue weighted by Crippen LogP contribution is -2.25. The molecule has 0 spiro atoms. The van der Waals surface area contributed by atoms with E-state index in [0.717, 1.165) is 65.4 Å². The first kappa shape index (κ1) is 116. The fourth-order valence-electron chi connectivity index (χ4n) is 15.2. The second-order valence-electron chi connectivity index (χ2n) is 36.7. The third-order valence-electron chi connectivity index (χ3n) is 24.2. The van der Waals surface area contributed by atoms with Gasteiger partial charge in [0.05, 0.1) is 0 Å². The van der Waals surface area contributed by atoms with Crippen LogP contribution in [-0.4, -0.2) is 136 Å². The molecule has 0 N–H and O–H groups in total. The van der Waals surface area contributed by atoms with E-state index in [-0.39, 0.29) is 0 Å². The fraction of sp³-hybridized carbons (Fsp3) is 0.354. The number of benzene rings is 10. The van der Waals surface area contributed by atoms with Gasteiger partial charge < -0.3 is 49.0 Å². The van der Waals surface area contributed by atoms with Gasteiger partial charge in [-0.2, -0.15) is 0 Å². The summed E-state index contributed by atoms with van der Waals surface area (Å²) in [5, 5.41) is 0. The normalized spacial score (nSPS) is 11.5. The van der Waals surface area contributed by atoms with Crippen molar-refractivity contribution in [3.8, 4) is 0 Å². The number of allylic oxidation sites excluding steroid dienone is 14. The molecule has 0 amide bonds. The molecule has 0 saturated carbocycles. The Morgan fingerprint density at radius 3 is 0.379 bits per heavy atom. The van der Waals surface area contributed by atoms with Gasteiger partial charge in [-0.25, -0.2) is 0 Å². The quantitative estimate of drug-likeness (QED) is 0.0272. The van der Waals surface area contributed by atoms with Crippen LogP contribution in [-0.2, 0) is 0 Å². The molecule has 140 heavy (non-hydrogen) atoms. The molecule has 0 bridgehead atoms. The van der Waals surface area contributed by atoms with E-state index in [9.17, 15) is 0 Å². The van der Waals surface area contributed by atoms with Crippen LogP contribution in [0.15, 0.2) is 328 Å². The molecule has 0 radical (unpaired) electrons. The van der Waals surface area contributed by atoms with E-state index in [1.54, 1.807) is 0 Å². The Balaban J connectivity index is 0.000000269. The van der Waals surface area contributed by atoms with Gasteiger partial charge in [-0.05, 0) is 242 Å². The minimum atomic E-state index is 1.04. The van der Waals surface area contributed by atoms with Gasteiger partial charge in [0.15, 0.2) is 0 Å². The van der Waals surface area contributed by atoms with E-state index >= 15 is 0 Å². The zero-order chi connectivity index (χ0) is 101. The topological polar surface area (TPSA) is 32.4 Å². The molecule has 0 aliphatic heterocycles. The average molecular weight is 1880 g/mol. The molecule has 0 aromatic heterocycles. The van der Waals surface area contributed by atoms with Crippen molar-refractivity contribution in [2.24, 2.45) is 0 Å². The molecular formula is C130H176N10. The molecule has 0 fully saturated rings. The summed E-state index contributed by atoms with van der Waals surface area (Å²) in [6, 6.07) is 87.4. The van der Waals surface area contributed by atoms with Crippen molar-refractivity contribution in [3.63, 3.8) is 0 Å². The minimum absolute atomic E-state index is 1.04. The Bertz CT molecular complexity index is 5210. The Kier molecular flexibility index (Phi) is 58.4.